The molecule has 1 saturated heterocycles. The number of ether oxygens (including phenoxy) is 2. The maximum atomic E-state index is 12.5. The third-order valence-electron chi connectivity index (χ3n) is 5.17. The molecule has 2 atom stereocenters. The fourth-order valence-corrected chi connectivity index (χ4v) is 3.58. The highest BCUT2D eigenvalue weighted by Gasteiger charge is 2.29. The van der Waals surface area contributed by atoms with E-state index in [1.165, 1.54) is 5.56 Å². The van der Waals surface area contributed by atoms with E-state index in [1.807, 2.05) is 36.4 Å². The summed E-state index contributed by atoms with van der Waals surface area (Å²) in [6, 6.07) is 11.4. The highest BCUT2D eigenvalue weighted by molar-refractivity contribution is 5.76. The van der Waals surface area contributed by atoms with Crippen molar-refractivity contribution in [1.82, 2.24) is 20.4 Å². The van der Waals surface area contributed by atoms with E-state index < -0.39 is 0 Å². The van der Waals surface area contributed by atoms with Gasteiger partial charge in [0.05, 0.1) is 31.9 Å². The second-order valence-electron chi connectivity index (χ2n) is 7.24. The van der Waals surface area contributed by atoms with Crippen LogP contribution in [0.3, 0.4) is 0 Å². The third-order valence-corrected chi connectivity index (χ3v) is 5.17. The van der Waals surface area contributed by atoms with Gasteiger partial charge in [0, 0.05) is 31.2 Å². The molecule has 30 heavy (non-hydrogen) atoms. The Morgan fingerprint density at radius 3 is 2.87 bits per heavy atom. The zero-order chi connectivity index (χ0) is 20.8. The normalized spacial score (nSPS) is 18.3. The van der Waals surface area contributed by atoms with Crippen LogP contribution in [0.1, 0.15) is 17.9 Å². The Labute approximate surface area is 174 Å². The van der Waals surface area contributed by atoms with Gasteiger partial charge in [-0.15, -0.1) is 0 Å². The average Bonchev–Trinajstić information content (AvgIpc) is 3.43. The zero-order valence-electron chi connectivity index (χ0n) is 16.8. The van der Waals surface area contributed by atoms with Crippen molar-refractivity contribution in [1.29, 1.82) is 0 Å². The van der Waals surface area contributed by atoms with Crippen molar-refractivity contribution in [3.8, 4) is 17.1 Å². The van der Waals surface area contributed by atoms with Gasteiger partial charge in [0.15, 0.2) is 0 Å². The minimum absolute atomic E-state index is 0.00232. The highest BCUT2D eigenvalue weighted by atomic mass is 16.5. The Morgan fingerprint density at radius 2 is 2.03 bits per heavy atom. The molecule has 0 unspecified atom stereocenters. The lowest BCUT2D eigenvalue weighted by Crippen LogP contribution is -2.40. The van der Waals surface area contributed by atoms with E-state index in [2.05, 4.69) is 20.4 Å². The Bertz CT molecular complexity index is 976. The second kappa shape index (κ2) is 9.49. The van der Waals surface area contributed by atoms with Crippen molar-refractivity contribution in [2.45, 2.75) is 25.3 Å². The number of nitrogens with zero attached hydrogens (tertiary/aromatic N) is 3. The molecule has 3 aromatic rings. The summed E-state index contributed by atoms with van der Waals surface area (Å²) in [4.78, 5) is 20.9. The Kier molecular flexibility index (Phi) is 6.34. The average molecular weight is 408 g/mol. The van der Waals surface area contributed by atoms with Crippen molar-refractivity contribution >= 4 is 5.91 Å². The molecule has 1 amide bonds. The molecule has 3 heterocycles. The van der Waals surface area contributed by atoms with Crippen LogP contribution in [-0.2, 0) is 22.4 Å². The molecule has 1 aliphatic heterocycles. The summed E-state index contributed by atoms with van der Waals surface area (Å²) in [5.74, 6) is 1.73. The van der Waals surface area contributed by atoms with E-state index >= 15 is 0 Å². The number of pyridine rings is 1. The smallest absolute Gasteiger partial charge is 0.227 e. The first kappa shape index (κ1) is 20.0. The maximum Gasteiger partial charge on any atom is 0.227 e. The van der Waals surface area contributed by atoms with Gasteiger partial charge >= 0.3 is 0 Å². The molecular weight excluding hydrogens is 384 g/mol. The lowest BCUT2D eigenvalue weighted by molar-refractivity contribution is -0.122. The highest BCUT2D eigenvalue weighted by Crippen LogP contribution is 2.27. The van der Waals surface area contributed by atoms with Crippen LogP contribution in [0.4, 0.5) is 0 Å². The standard InChI is InChI=1S/C22H24N4O4/c1-28-19-5-3-2-4-17(19)22-25-21(30-26-22)7-6-20(27)24-18-14-29-13-16(18)12-15-8-10-23-11-9-15/h2-5,8-11,16,18H,6-7,12-14H2,1H3,(H,24,27)/t16-,18+/m1/s1. The van der Waals surface area contributed by atoms with Crippen LogP contribution in [0.15, 0.2) is 53.3 Å². The molecule has 1 fully saturated rings. The van der Waals surface area contributed by atoms with Gasteiger partial charge in [0.25, 0.3) is 0 Å². The van der Waals surface area contributed by atoms with Gasteiger partial charge in [-0.1, -0.05) is 17.3 Å². The number of carbonyl (C=O) groups is 1. The lowest BCUT2D eigenvalue weighted by Gasteiger charge is -2.19. The Balaban J connectivity index is 1.30. The van der Waals surface area contributed by atoms with Crippen molar-refractivity contribution in [2.24, 2.45) is 5.92 Å². The van der Waals surface area contributed by atoms with E-state index in [1.54, 1.807) is 19.5 Å². The largest absolute Gasteiger partial charge is 0.496 e. The molecule has 2 aromatic heterocycles. The Morgan fingerprint density at radius 1 is 1.20 bits per heavy atom. The maximum absolute atomic E-state index is 12.5. The fraction of sp³-hybridized carbons (Fsp3) is 0.364. The fourth-order valence-electron chi connectivity index (χ4n) is 3.58. The van der Waals surface area contributed by atoms with Crippen molar-refractivity contribution in [3.05, 3.63) is 60.2 Å². The summed E-state index contributed by atoms with van der Waals surface area (Å²) < 4.78 is 16.2. The number of benzene rings is 1. The number of carbonyl (C=O) groups excluding carboxylic acids is 1. The summed E-state index contributed by atoms with van der Waals surface area (Å²) in [6.07, 6.45) is 5.05. The van der Waals surface area contributed by atoms with Gasteiger partial charge < -0.3 is 19.3 Å². The molecular formula is C22H24N4O4. The van der Waals surface area contributed by atoms with Crippen molar-refractivity contribution < 1.29 is 18.8 Å². The van der Waals surface area contributed by atoms with E-state index in [9.17, 15) is 4.79 Å². The number of para-hydroxylation sites is 1. The van der Waals surface area contributed by atoms with Crippen LogP contribution in [-0.4, -0.2) is 47.4 Å². The van der Waals surface area contributed by atoms with E-state index in [4.69, 9.17) is 14.0 Å². The number of hydrogen-bond donors (Lipinski definition) is 1. The first-order valence-corrected chi connectivity index (χ1v) is 9.95. The number of nitrogens with one attached hydrogen (secondary N) is 1. The SMILES string of the molecule is COc1ccccc1-c1noc(CCC(=O)N[C@H]2COC[C@H]2Cc2ccncc2)n1. The molecule has 0 aliphatic carbocycles. The van der Waals surface area contributed by atoms with Crippen LogP contribution in [0.5, 0.6) is 5.75 Å². The molecule has 156 valence electrons. The molecule has 0 bridgehead atoms. The molecule has 1 N–H and O–H groups in total. The molecule has 0 spiro atoms. The minimum Gasteiger partial charge on any atom is -0.496 e. The van der Waals surface area contributed by atoms with E-state index in [0.717, 1.165) is 12.0 Å². The molecule has 4 rings (SSSR count). The van der Waals surface area contributed by atoms with E-state index in [-0.39, 0.29) is 24.3 Å². The third kappa shape index (κ3) is 4.83. The van der Waals surface area contributed by atoms with Crippen LogP contribution in [0.25, 0.3) is 11.4 Å². The summed E-state index contributed by atoms with van der Waals surface area (Å²) in [5, 5.41) is 7.10. The number of rotatable bonds is 8. The van der Waals surface area contributed by atoms with Gasteiger partial charge in [-0.2, -0.15) is 4.98 Å². The quantitative estimate of drug-likeness (QED) is 0.611. The summed E-state index contributed by atoms with van der Waals surface area (Å²) >= 11 is 0. The molecule has 0 radical (unpaired) electrons. The molecule has 8 heteroatoms. The van der Waals surface area contributed by atoms with Gasteiger partial charge in [0.2, 0.25) is 17.6 Å². The van der Waals surface area contributed by atoms with Crippen molar-refractivity contribution in [3.63, 3.8) is 0 Å². The first-order chi connectivity index (χ1) is 14.7. The van der Waals surface area contributed by atoms with Gasteiger partial charge in [-0.3, -0.25) is 9.78 Å². The van der Waals surface area contributed by atoms with Crippen LogP contribution < -0.4 is 10.1 Å². The van der Waals surface area contributed by atoms with Gasteiger partial charge in [0.1, 0.15) is 5.75 Å². The second-order valence-corrected chi connectivity index (χ2v) is 7.24. The summed E-state index contributed by atoms with van der Waals surface area (Å²) in [5.41, 5.74) is 1.94. The van der Waals surface area contributed by atoms with E-state index in [0.29, 0.717) is 37.1 Å². The molecule has 1 aromatic carbocycles. The van der Waals surface area contributed by atoms with Crippen LogP contribution >= 0.6 is 0 Å². The number of aryl methyl sites for hydroxylation is 1. The number of methoxy groups -OCH3 is 1. The first-order valence-electron chi connectivity index (χ1n) is 9.95. The monoisotopic (exact) mass is 408 g/mol. The number of aromatic nitrogens is 3. The minimum atomic E-state index is -0.0535. The van der Waals surface area contributed by atoms with Gasteiger partial charge in [-0.05, 0) is 36.2 Å². The van der Waals surface area contributed by atoms with Gasteiger partial charge in [-0.25, -0.2) is 0 Å². The molecule has 1 aliphatic rings. The summed E-state index contributed by atoms with van der Waals surface area (Å²) in [6.45, 7) is 1.17. The molecule has 0 saturated carbocycles. The summed E-state index contributed by atoms with van der Waals surface area (Å²) in [7, 11) is 1.60. The lowest BCUT2D eigenvalue weighted by atomic mass is 9.95. The van der Waals surface area contributed by atoms with Crippen LogP contribution in [0, 0.1) is 5.92 Å². The number of amides is 1. The zero-order valence-corrected chi connectivity index (χ0v) is 16.8. The topological polar surface area (TPSA) is 99.4 Å². The Hall–Kier alpha value is -3.26. The molecule has 8 nitrogen and oxygen atoms in total. The number of hydrogen-bond acceptors (Lipinski definition) is 7. The predicted octanol–water partition coefficient (Wildman–Crippen LogP) is 2.45. The predicted molar refractivity (Wildman–Crippen MR) is 109 cm³/mol. The van der Waals surface area contributed by atoms with Crippen LogP contribution in [0.2, 0.25) is 0 Å². The van der Waals surface area contributed by atoms with Crippen molar-refractivity contribution in [2.75, 3.05) is 20.3 Å².